The SMILES string of the molecule is CC1(C)c2ccccc2-c2cc3c(cc21)oc1ccc(-c2cccc(C4=N/C(c5ccccc5)=C\CCC(c5ccccc5)=N4)c2)cc13. The predicted molar refractivity (Wildman–Crippen MR) is 200 cm³/mol. The fourth-order valence-electron chi connectivity index (χ4n) is 7.46. The average molecular weight is 619 g/mol. The Bertz CT molecular complexity index is 2460. The maximum Gasteiger partial charge on any atom is 0.160 e. The minimum Gasteiger partial charge on any atom is -0.456 e. The van der Waals surface area contributed by atoms with Crippen molar-refractivity contribution in [1.29, 1.82) is 0 Å². The van der Waals surface area contributed by atoms with E-state index in [4.69, 9.17) is 14.4 Å². The van der Waals surface area contributed by atoms with Crippen LogP contribution in [0.2, 0.25) is 0 Å². The Hall–Kier alpha value is -5.80. The van der Waals surface area contributed by atoms with Gasteiger partial charge in [-0.05, 0) is 87.7 Å². The molecule has 48 heavy (non-hydrogen) atoms. The summed E-state index contributed by atoms with van der Waals surface area (Å²) in [5.74, 6) is 0.720. The zero-order chi connectivity index (χ0) is 32.2. The van der Waals surface area contributed by atoms with Gasteiger partial charge >= 0.3 is 0 Å². The summed E-state index contributed by atoms with van der Waals surface area (Å²) >= 11 is 0. The highest BCUT2D eigenvalue weighted by atomic mass is 16.3. The average Bonchev–Trinajstić information content (AvgIpc) is 3.59. The molecule has 1 aromatic heterocycles. The van der Waals surface area contributed by atoms with Crippen LogP contribution in [0.5, 0.6) is 0 Å². The smallest absolute Gasteiger partial charge is 0.160 e. The molecular formula is C45H34N2O. The molecule has 0 atom stereocenters. The van der Waals surface area contributed by atoms with E-state index in [1.165, 1.54) is 22.3 Å². The maximum atomic E-state index is 6.47. The molecule has 0 unspecified atom stereocenters. The molecule has 0 N–H and O–H groups in total. The lowest BCUT2D eigenvalue weighted by molar-refractivity contribution is 0.647. The van der Waals surface area contributed by atoms with E-state index >= 15 is 0 Å². The number of hydrogen-bond acceptors (Lipinski definition) is 3. The van der Waals surface area contributed by atoms with Crippen molar-refractivity contribution in [2.45, 2.75) is 32.1 Å². The number of furan rings is 1. The molecule has 2 heterocycles. The fourth-order valence-corrected chi connectivity index (χ4v) is 7.46. The van der Waals surface area contributed by atoms with Crippen molar-refractivity contribution < 1.29 is 4.42 Å². The van der Waals surface area contributed by atoms with Crippen LogP contribution in [0.3, 0.4) is 0 Å². The van der Waals surface area contributed by atoms with Gasteiger partial charge in [0.25, 0.3) is 0 Å². The fraction of sp³-hybridized carbons (Fsp3) is 0.111. The summed E-state index contributed by atoms with van der Waals surface area (Å²) < 4.78 is 6.47. The molecule has 2 aliphatic rings. The van der Waals surface area contributed by atoms with Crippen molar-refractivity contribution in [3.63, 3.8) is 0 Å². The topological polar surface area (TPSA) is 37.9 Å². The van der Waals surface area contributed by atoms with E-state index in [1.807, 2.05) is 12.1 Å². The zero-order valence-corrected chi connectivity index (χ0v) is 27.1. The molecule has 0 saturated heterocycles. The quantitative estimate of drug-likeness (QED) is 0.193. The lowest BCUT2D eigenvalue weighted by Crippen LogP contribution is -2.14. The van der Waals surface area contributed by atoms with Gasteiger partial charge in [0.1, 0.15) is 11.2 Å². The molecule has 0 saturated carbocycles. The number of allylic oxidation sites excluding steroid dienone is 1. The van der Waals surface area contributed by atoms with Gasteiger partial charge in [0, 0.05) is 21.8 Å². The van der Waals surface area contributed by atoms with Gasteiger partial charge in [-0.2, -0.15) is 0 Å². The minimum absolute atomic E-state index is 0.0666. The predicted octanol–water partition coefficient (Wildman–Crippen LogP) is 11.6. The van der Waals surface area contributed by atoms with Crippen LogP contribution in [0, 0.1) is 0 Å². The summed E-state index contributed by atoms with van der Waals surface area (Å²) in [7, 11) is 0. The summed E-state index contributed by atoms with van der Waals surface area (Å²) in [6.07, 6.45) is 3.96. The molecule has 0 spiro atoms. The Kier molecular flexibility index (Phi) is 6.62. The Balaban J connectivity index is 1.16. The number of hydrogen-bond donors (Lipinski definition) is 0. The van der Waals surface area contributed by atoms with Crippen LogP contribution < -0.4 is 0 Å². The molecule has 0 amide bonds. The summed E-state index contributed by atoms with van der Waals surface area (Å²) in [6.45, 7) is 4.62. The van der Waals surface area contributed by atoms with Crippen LogP contribution in [-0.4, -0.2) is 11.5 Å². The lowest BCUT2D eigenvalue weighted by Gasteiger charge is -2.21. The van der Waals surface area contributed by atoms with E-state index in [1.54, 1.807) is 0 Å². The summed E-state index contributed by atoms with van der Waals surface area (Å²) in [4.78, 5) is 10.5. The van der Waals surface area contributed by atoms with Crippen LogP contribution in [0.4, 0.5) is 0 Å². The molecule has 1 aliphatic carbocycles. The number of aliphatic imine (C=N–C) groups is 2. The Morgan fingerprint density at radius 2 is 1.21 bits per heavy atom. The van der Waals surface area contributed by atoms with Crippen LogP contribution >= 0.6 is 0 Å². The van der Waals surface area contributed by atoms with Crippen molar-refractivity contribution in [1.82, 2.24) is 0 Å². The second-order valence-corrected chi connectivity index (χ2v) is 13.3. The first-order valence-electron chi connectivity index (χ1n) is 16.7. The largest absolute Gasteiger partial charge is 0.456 e. The van der Waals surface area contributed by atoms with Gasteiger partial charge < -0.3 is 4.42 Å². The lowest BCUT2D eigenvalue weighted by atomic mass is 9.82. The third-order valence-electron chi connectivity index (χ3n) is 9.99. The van der Waals surface area contributed by atoms with Crippen molar-refractivity contribution >= 4 is 39.2 Å². The first kappa shape index (κ1) is 28.4. The van der Waals surface area contributed by atoms with Gasteiger partial charge in [-0.3, -0.25) is 0 Å². The third-order valence-corrected chi connectivity index (χ3v) is 9.99. The van der Waals surface area contributed by atoms with E-state index in [0.717, 1.165) is 79.8 Å². The standard InChI is InChI=1S/C45H34N2O/c1-45(2)38-20-10-9-19-34(38)35-27-37-36-26-32(23-24-42(36)48-43(37)28-39(35)45)31-17-11-18-33(25-31)44-46-40(29-13-5-3-6-14-29)21-12-22-41(47-44)30-15-7-4-8-16-30/h3-11,13-21,23-28H,12,22H2,1-2H3/b40-21-,46-44?,47-41?. The van der Waals surface area contributed by atoms with Crippen LogP contribution in [-0.2, 0) is 5.41 Å². The van der Waals surface area contributed by atoms with Crippen molar-refractivity contribution in [3.05, 3.63) is 173 Å². The number of rotatable bonds is 4. The number of amidine groups is 1. The van der Waals surface area contributed by atoms with Crippen molar-refractivity contribution in [2.24, 2.45) is 9.98 Å². The monoisotopic (exact) mass is 618 g/mol. The Morgan fingerprint density at radius 1 is 0.521 bits per heavy atom. The van der Waals surface area contributed by atoms with Crippen molar-refractivity contribution in [2.75, 3.05) is 0 Å². The summed E-state index contributed by atoms with van der Waals surface area (Å²) in [5, 5.41) is 2.27. The molecule has 0 fully saturated rings. The van der Waals surface area contributed by atoms with Gasteiger partial charge in [0.2, 0.25) is 0 Å². The Labute approximate surface area is 280 Å². The normalized spacial score (nSPS) is 16.3. The highest BCUT2D eigenvalue weighted by Crippen LogP contribution is 2.50. The van der Waals surface area contributed by atoms with Crippen molar-refractivity contribution in [3.8, 4) is 22.3 Å². The van der Waals surface area contributed by atoms with Crippen LogP contribution in [0.25, 0.3) is 49.9 Å². The van der Waals surface area contributed by atoms with E-state index in [9.17, 15) is 0 Å². The van der Waals surface area contributed by atoms with E-state index in [0.29, 0.717) is 0 Å². The molecule has 7 aromatic rings. The second-order valence-electron chi connectivity index (χ2n) is 13.3. The first-order valence-corrected chi connectivity index (χ1v) is 16.7. The molecule has 0 bridgehead atoms. The number of fused-ring (bicyclic) bond motifs is 6. The molecular weight excluding hydrogens is 585 g/mol. The summed E-state index contributed by atoms with van der Waals surface area (Å²) in [6, 6.07) is 49.4. The van der Waals surface area contributed by atoms with Crippen LogP contribution in [0.15, 0.2) is 160 Å². The number of benzene rings is 6. The van der Waals surface area contributed by atoms with E-state index in [-0.39, 0.29) is 5.41 Å². The van der Waals surface area contributed by atoms with Gasteiger partial charge in [0.15, 0.2) is 5.84 Å². The summed E-state index contributed by atoms with van der Waals surface area (Å²) in [5.41, 5.74) is 14.5. The molecule has 6 aromatic carbocycles. The Morgan fingerprint density at radius 3 is 2.04 bits per heavy atom. The minimum atomic E-state index is -0.0666. The molecule has 9 rings (SSSR count). The highest BCUT2D eigenvalue weighted by molar-refractivity contribution is 6.14. The van der Waals surface area contributed by atoms with E-state index in [2.05, 4.69) is 147 Å². The van der Waals surface area contributed by atoms with Gasteiger partial charge in [0.05, 0.1) is 11.4 Å². The molecule has 3 heteroatoms. The van der Waals surface area contributed by atoms with E-state index < -0.39 is 0 Å². The molecule has 230 valence electrons. The van der Waals surface area contributed by atoms with Gasteiger partial charge in [-0.25, -0.2) is 9.98 Å². The molecule has 3 nitrogen and oxygen atoms in total. The van der Waals surface area contributed by atoms with Gasteiger partial charge in [-0.15, -0.1) is 0 Å². The highest BCUT2D eigenvalue weighted by Gasteiger charge is 2.36. The third kappa shape index (κ3) is 4.74. The van der Waals surface area contributed by atoms with Crippen LogP contribution in [0.1, 0.15) is 54.5 Å². The second kappa shape index (κ2) is 11.2. The van der Waals surface area contributed by atoms with Gasteiger partial charge in [-0.1, -0.05) is 129 Å². The zero-order valence-electron chi connectivity index (χ0n) is 27.1. The molecule has 0 radical (unpaired) electrons. The first-order chi connectivity index (χ1) is 23.5. The maximum absolute atomic E-state index is 6.47. The molecule has 1 aliphatic heterocycles. The number of nitrogens with zero attached hydrogens (tertiary/aromatic N) is 2.